The van der Waals surface area contributed by atoms with Crippen LogP contribution in [0.1, 0.15) is 29.7 Å². The second-order valence-electron chi connectivity index (χ2n) is 5.46. The van der Waals surface area contributed by atoms with Crippen LogP contribution < -0.4 is 0 Å². The molecular weight excluding hydrogens is 258 g/mol. The molecule has 0 aliphatic carbocycles. The van der Waals surface area contributed by atoms with Crippen LogP contribution in [0.15, 0.2) is 61.2 Å². The van der Waals surface area contributed by atoms with Gasteiger partial charge >= 0.3 is 0 Å². The van der Waals surface area contributed by atoms with Crippen molar-refractivity contribution in [2.24, 2.45) is 0 Å². The van der Waals surface area contributed by atoms with Crippen molar-refractivity contribution < 1.29 is 5.11 Å². The zero-order chi connectivity index (χ0) is 15.2. The fourth-order valence-electron chi connectivity index (χ4n) is 2.36. The van der Waals surface area contributed by atoms with Gasteiger partial charge in [-0.25, -0.2) is 0 Å². The average Bonchev–Trinajstić information content (AvgIpc) is 2.55. The first-order valence-electron chi connectivity index (χ1n) is 7.26. The maximum atomic E-state index is 10.5. The SMILES string of the molecule is C=Cc1ccc(CN(C)[C@H](C)[C@@H](O)c2ccccc2)cc1. The smallest absolute Gasteiger partial charge is 0.0942 e. The van der Waals surface area contributed by atoms with Crippen LogP contribution in [0.4, 0.5) is 0 Å². The Morgan fingerprint density at radius 1 is 1.10 bits per heavy atom. The molecule has 21 heavy (non-hydrogen) atoms. The minimum absolute atomic E-state index is 0.0477. The Hall–Kier alpha value is -1.90. The Labute approximate surface area is 127 Å². The van der Waals surface area contributed by atoms with Crippen molar-refractivity contribution >= 4 is 6.08 Å². The van der Waals surface area contributed by atoms with E-state index >= 15 is 0 Å². The first kappa shape index (κ1) is 15.5. The maximum absolute atomic E-state index is 10.5. The molecule has 0 saturated heterocycles. The lowest BCUT2D eigenvalue weighted by molar-refractivity contribution is 0.0688. The number of aliphatic hydroxyl groups excluding tert-OH is 1. The summed E-state index contributed by atoms with van der Waals surface area (Å²) in [5.41, 5.74) is 3.31. The van der Waals surface area contributed by atoms with Gasteiger partial charge in [-0.1, -0.05) is 67.3 Å². The van der Waals surface area contributed by atoms with Crippen LogP contribution in [0.5, 0.6) is 0 Å². The molecule has 0 radical (unpaired) electrons. The molecule has 0 aliphatic rings. The molecule has 1 N–H and O–H groups in total. The van der Waals surface area contributed by atoms with Crippen molar-refractivity contribution in [2.45, 2.75) is 25.6 Å². The Morgan fingerprint density at radius 3 is 2.29 bits per heavy atom. The molecule has 2 rings (SSSR count). The van der Waals surface area contributed by atoms with Gasteiger partial charge in [-0.15, -0.1) is 0 Å². The Kier molecular flexibility index (Phi) is 5.32. The van der Waals surface area contributed by atoms with E-state index in [-0.39, 0.29) is 6.04 Å². The molecule has 0 aromatic heterocycles. The van der Waals surface area contributed by atoms with Crippen LogP contribution in [0.3, 0.4) is 0 Å². The molecule has 0 saturated carbocycles. The second-order valence-corrected chi connectivity index (χ2v) is 5.46. The predicted molar refractivity (Wildman–Crippen MR) is 88.9 cm³/mol. The molecule has 2 heteroatoms. The Morgan fingerprint density at radius 2 is 1.71 bits per heavy atom. The first-order chi connectivity index (χ1) is 10.1. The Bertz CT molecular complexity index is 562. The summed E-state index contributed by atoms with van der Waals surface area (Å²) in [7, 11) is 2.04. The largest absolute Gasteiger partial charge is 0.387 e. The lowest BCUT2D eigenvalue weighted by Crippen LogP contribution is -2.33. The van der Waals surface area contributed by atoms with Crippen molar-refractivity contribution in [3.63, 3.8) is 0 Å². The molecule has 110 valence electrons. The van der Waals surface area contributed by atoms with E-state index in [2.05, 4.69) is 42.7 Å². The minimum atomic E-state index is -0.483. The average molecular weight is 281 g/mol. The predicted octanol–water partition coefficient (Wildman–Crippen LogP) is 3.88. The monoisotopic (exact) mass is 281 g/mol. The number of aliphatic hydroxyl groups is 1. The van der Waals surface area contributed by atoms with Crippen molar-refractivity contribution in [1.82, 2.24) is 4.90 Å². The van der Waals surface area contributed by atoms with Gasteiger partial charge in [0, 0.05) is 12.6 Å². The highest BCUT2D eigenvalue weighted by atomic mass is 16.3. The summed E-state index contributed by atoms with van der Waals surface area (Å²) in [5, 5.41) is 10.5. The molecule has 2 aromatic rings. The van der Waals surface area contributed by atoms with Crippen molar-refractivity contribution in [2.75, 3.05) is 7.05 Å². The zero-order valence-corrected chi connectivity index (χ0v) is 12.7. The number of benzene rings is 2. The summed E-state index contributed by atoms with van der Waals surface area (Å²) in [6.45, 7) is 6.62. The first-order valence-corrected chi connectivity index (χ1v) is 7.26. The fourth-order valence-corrected chi connectivity index (χ4v) is 2.36. The summed E-state index contributed by atoms with van der Waals surface area (Å²) in [6, 6.07) is 18.2. The third kappa shape index (κ3) is 4.03. The van der Waals surface area contributed by atoms with Crippen molar-refractivity contribution in [3.8, 4) is 0 Å². The van der Waals surface area contributed by atoms with E-state index in [0.717, 1.165) is 17.7 Å². The Balaban J connectivity index is 2.01. The quantitative estimate of drug-likeness (QED) is 0.868. The minimum Gasteiger partial charge on any atom is -0.387 e. The molecule has 0 bridgehead atoms. The molecular formula is C19H23NO. The lowest BCUT2D eigenvalue weighted by Gasteiger charge is -2.29. The van der Waals surface area contributed by atoms with Crippen molar-refractivity contribution in [1.29, 1.82) is 0 Å². The van der Waals surface area contributed by atoms with Gasteiger partial charge in [0.25, 0.3) is 0 Å². The summed E-state index contributed by atoms with van der Waals surface area (Å²) in [4.78, 5) is 2.17. The topological polar surface area (TPSA) is 23.5 Å². The summed E-state index contributed by atoms with van der Waals surface area (Å²) >= 11 is 0. The highest BCUT2D eigenvalue weighted by Crippen LogP contribution is 2.21. The highest BCUT2D eigenvalue weighted by molar-refractivity contribution is 5.47. The van der Waals surface area contributed by atoms with Gasteiger partial charge in [-0.05, 0) is 30.7 Å². The molecule has 0 amide bonds. The van der Waals surface area contributed by atoms with Crippen LogP contribution in [-0.4, -0.2) is 23.1 Å². The van der Waals surface area contributed by atoms with Gasteiger partial charge in [0.1, 0.15) is 0 Å². The molecule has 2 atom stereocenters. The summed E-state index contributed by atoms with van der Waals surface area (Å²) < 4.78 is 0. The van der Waals surface area contributed by atoms with Gasteiger partial charge in [0.05, 0.1) is 6.10 Å². The van der Waals surface area contributed by atoms with Crippen LogP contribution in [-0.2, 0) is 6.54 Å². The van der Waals surface area contributed by atoms with Gasteiger partial charge in [-0.3, -0.25) is 4.90 Å². The second kappa shape index (κ2) is 7.21. The van der Waals surface area contributed by atoms with E-state index in [1.165, 1.54) is 5.56 Å². The lowest BCUT2D eigenvalue weighted by atomic mass is 10.0. The van der Waals surface area contributed by atoms with E-state index in [4.69, 9.17) is 0 Å². The fraction of sp³-hybridized carbons (Fsp3) is 0.263. The van der Waals surface area contributed by atoms with E-state index in [9.17, 15) is 5.11 Å². The third-order valence-corrected chi connectivity index (χ3v) is 3.94. The standard InChI is InChI=1S/C19H23NO/c1-4-16-10-12-17(13-11-16)14-20(3)15(2)19(21)18-8-6-5-7-9-18/h4-13,15,19,21H,1,14H2,2-3H3/t15-,19-/m1/s1. The van der Waals surface area contributed by atoms with Gasteiger partial charge in [-0.2, -0.15) is 0 Å². The third-order valence-electron chi connectivity index (χ3n) is 3.94. The van der Waals surface area contributed by atoms with Crippen LogP contribution in [0, 0.1) is 0 Å². The van der Waals surface area contributed by atoms with Gasteiger partial charge in [0.15, 0.2) is 0 Å². The summed E-state index contributed by atoms with van der Waals surface area (Å²) in [6.07, 6.45) is 1.36. The molecule has 0 aliphatic heterocycles. The van der Waals surface area contributed by atoms with Crippen LogP contribution in [0.2, 0.25) is 0 Å². The molecule has 2 aromatic carbocycles. The summed E-state index contributed by atoms with van der Waals surface area (Å²) in [5.74, 6) is 0. The number of hydrogen-bond donors (Lipinski definition) is 1. The molecule has 0 unspecified atom stereocenters. The number of rotatable bonds is 6. The van der Waals surface area contributed by atoms with Crippen LogP contribution in [0.25, 0.3) is 6.08 Å². The zero-order valence-electron chi connectivity index (χ0n) is 12.7. The molecule has 2 nitrogen and oxygen atoms in total. The number of hydrogen-bond acceptors (Lipinski definition) is 2. The van der Waals surface area contributed by atoms with E-state index in [1.54, 1.807) is 0 Å². The van der Waals surface area contributed by atoms with Gasteiger partial charge < -0.3 is 5.11 Å². The van der Waals surface area contributed by atoms with Crippen molar-refractivity contribution in [3.05, 3.63) is 77.9 Å². The molecule has 0 spiro atoms. The van der Waals surface area contributed by atoms with E-state index in [0.29, 0.717) is 0 Å². The van der Waals surface area contributed by atoms with Gasteiger partial charge in [0.2, 0.25) is 0 Å². The number of likely N-dealkylation sites (N-methyl/N-ethyl adjacent to an activating group) is 1. The number of nitrogens with zero attached hydrogens (tertiary/aromatic N) is 1. The molecule has 0 fully saturated rings. The van der Waals surface area contributed by atoms with E-state index in [1.807, 2.05) is 43.5 Å². The van der Waals surface area contributed by atoms with E-state index < -0.39 is 6.10 Å². The maximum Gasteiger partial charge on any atom is 0.0942 e. The normalized spacial score (nSPS) is 13.9. The van der Waals surface area contributed by atoms with Crippen LogP contribution >= 0.6 is 0 Å². The highest BCUT2D eigenvalue weighted by Gasteiger charge is 2.20. The molecule has 0 heterocycles.